The van der Waals surface area contributed by atoms with E-state index in [1.807, 2.05) is 26.0 Å². The number of aryl methyl sites for hydroxylation is 2. The average Bonchev–Trinajstić information content (AvgIpc) is 3.44. The second kappa shape index (κ2) is 8.89. The van der Waals surface area contributed by atoms with Gasteiger partial charge in [0, 0.05) is 6.54 Å². The summed E-state index contributed by atoms with van der Waals surface area (Å²) < 4.78 is 33.1. The van der Waals surface area contributed by atoms with Gasteiger partial charge >= 0.3 is 6.01 Å². The van der Waals surface area contributed by atoms with Gasteiger partial charge < -0.3 is 4.42 Å². The largest absolute Gasteiger partial charge is 0.407 e. The normalized spacial score (nSPS) is 17.5. The summed E-state index contributed by atoms with van der Waals surface area (Å²) in [6.45, 7) is 4.39. The molecule has 3 heterocycles. The van der Waals surface area contributed by atoms with Crippen molar-refractivity contribution in [3.8, 4) is 0 Å². The maximum Gasteiger partial charge on any atom is 0.322 e. The van der Waals surface area contributed by atoms with Gasteiger partial charge in [-0.2, -0.15) is 4.31 Å². The van der Waals surface area contributed by atoms with E-state index >= 15 is 0 Å². The molecular formula is C21H24N4O4S2. The second-order valence-electron chi connectivity index (χ2n) is 7.65. The third-order valence-electron chi connectivity index (χ3n) is 5.44. The molecule has 1 aliphatic rings. The molecular weight excluding hydrogens is 436 g/mol. The SMILES string of the molecule is Cc1ccc(Cc2nnc(NC(=O)C3CCCCN3S(=O)(=O)c3cccs3)o2)cc1C. The highest BCUT2D eigenvalue weighted by Crippen LogP contribution is 2.28. The smallest absolute Gasteiger partial charge is 0.322 e. The van der Waals surface area contributed by atoms with Gasteiger partial charge in [0.05, 0.1) is 6.42 Å². The minimum atomic E-state index is -3.72. The van der Waals surface area contributed by atoms with Gasteiger partial charge in [-0.05, 0) is 54.8 Å². The van der Waals surface area contributed by atoms with Crippen molar-refractivity contribution in [1.29, 1.82) is 0 Å². The van der Waals surface area contributed by atoms with Gasteiger partial charge in [0.25, 0.3) is 10.0 Å². The first-order valence-corrected chi connectivity index (χ1v) is 12.4. The molecule has 0 radical (unpaired) electrons. The summed E-state index contributed by atoms with van der Waals surface area (Å²) in [4.78, 5) is 12.9. The van der Waals surface area contributed by atoms with Crippen molar-refractivity contribution in [1.82, 2.24) is 14.5 Å². The molecule has 1 N–H and O–H groups in total. The molecule has 0 aliphatic carbocycles. The Balaban J connectivity index is 1.46. The van der Waals surface area contributed by atoms with Crippen LogP contribution in [0.2, 0.25) is 0 Å². The van der Waals surface area contributed by atoms with E-state index in [4.69, 9.17) is 4.42 Å². The Hall–Kier alpha value is -2.56. The molecule has 31 heavy (non-hydrogen) atoms. The highest BCUT2D eigenvalue weighted by Gasteiger charge is 2.38. The topological polar surface area (TPSA) is 105 Å². The van der Waals surface area contributed by atoms with Crippen molar-refractivity contribution >= 4 is 33.3 Å². The number of sulfonamides is 1. The molecule has 0 spiro atoms. The van der Waals surface area contributed by atoms with Crippen molar-refractivity contribution < 1.29 is 17.6 Å². The van der Waals surface area contributed by atoms with E-state index in [0.717, 1.165) is 29.7 Å². The fraction of sp³-hybridized carbons (Fsp3) is 0.381. The van der Waals surface area contributed by atoms with Crippen LogP contribution in [-0.4, -0.2) is 41.4 Å². The quantitative estimate of drug-likeness (QED) is 0.603. The Morgan fingerprint density at radius 3 is 2.81 bits per heavy atom. The number of anilines is 1. The number of aromatic nitrogens is 2. The molecule has 1 aliphatic heterocycles. The van der Waals surface area contributed by atoms with Crippen molar-refractivity contribution in [2.45, 2.75) is 49.8 Å². The van der Waals surface area contributed by atoms with Crippen LogP contribution in [0.25, 0.3) is 0 Å². The minimum Gasteiger partial charge on any atom is -0.407 e. The summed E-state index contributed by atoms with van der Waals surface area (Å²) in [5.41, 5.74) is 3.41. The number of thiophene rings is 1. The van der Waals surface area contributed by atoms with Crippen molar-refractivity contribution in [3.05, 3.63) is 58.3 Å². The van der Waals surface area contributed by atoms with Crippen LogP contribution in [0.3, 0.4) is 0 Å². The Morgan fingerprint density at radius 2 is 2.06 bits per heavy atom. The number of rotatable bonds is 6. The van der Waals surface area contributed by atoms with Gasteiger partial charge in [0.2, 0.25) is 11.8 Å². The molecule has 4 rings (SSSR count). The fourth-order valence-electron chi connectivity index (χ4n) is 3.63. The maximum absolute atomic E-state index is 13.0. The Bertz CT molecular complexity index is 1170. The lowest BCUT2D eigenvalue weighted by atomic mass is 10.0. The standard InChI is InChI=1S/C21H24N4O4S2/c1-14-8-9-16(12-15(14)2)13-18-23-24-21(29-18)22-20(26)17-6-3-4-10-25(17)31(27,28)19-7-5-11-30-19/h5,7-9,11-12,17H,3-4,6,10,13H2,1-2H3,(H,22,24,26). The zero-order valence-electron chi connectivity index (χ0n) is 17.4. The van der Waals surface area contributed by atoms with E-state index in [-0.39, 0.29) is 10.2 Å². The van der Waals surface area contributed by atoms with Crippen molar-refractivity contribution in [2.24, 2.45) is 0 Å². The number of carbonyl (C=O) groups is 1. The molecule has 164 valence electrons. The van der Waals surface area contributed by atoms with Gasteiger partial charge in [0.15, 0.2) is 0 Å². The lowest BCUT2D eigenvalue weighted by Gasteiger charge is -2.32. The number of carbonyl (C=O) groups excluding carboxylic acids is 1. The van der Waals surface area contributed by atoms with Crippen molar-refractivity contribution in [3.63, 3.8) is 0 Å². The molecule has 1 fully saturated rings. The third-order valence-corrected chi connectivity index (χ3v) is 8.72. The molecule has 1 atom stereocenters. The molecule has 10 heteroatoms. The van der Waals surface area contributed by atoms with Gasteiger partial charge in [-0.3, -0.25) is 10.1 Å². The lowest BCUT2D eigenvalue weighted by Crippen LogP contribution is -2.49. The van der Waals surface area contributed by atoms with Gasteiger partial charge in [-0.25, -0.2) is 8.42 Å². The van der Waals surface area contributed by atoms with Crippen LogP contribution >= 0.6 is 11.3 Å². The Kier molecular flexibility index (Phi) is 6.22. The van der Waals surface area contributed by atoms with E-state index < -0.39 is 22.0 Å². The number of hydrogen-bond acceptors (Lipinski definition) is 7. The highest BCUT2D eigenvalue weighted by atomic mass is 32.2. The van der Waals surface area contributed by atoms with Crippen LogP contribution in [0.15, 0.2) is 44.3 Å². The number of amides is 1. The highest BCUT2D eigenvalue weighted by molar-refractivity contribution is 7.91. The predicted molar refractivity (Wildman–Crippen MR) is 117 cm³/mol. The van der Waals surface area contributed by atoms with E-state index in [1.165, 1.54) is 15.4 Å². The number of hydrogen-bond donors (Lipinski definition) is 1. The molecule has 3 aromatic rings. The zero-order chi connectivity index (χ0) is 22.0. The number of benzene rings is 1. The van der Waals surface area contributed by atoms with Crippen molar-refractivity contribution in [2.75, 3.05) is 11.9 Å². The summed E-state index contributed by atoms with van der Waals surface area (Å²) in [6, 6.07) is 8.51. The van der Waals surface area contributed by atoms with E-state index in [1.54, 1.807) is 17.5 Å². The van der Waals surface area contributed by atoms with Crippen LogP contribution in [-0.2, 0) is 21.2 Å². The second-order valence-corrected chi connectivity index (χ2v) is 10.7. The molecule has 8 nitrogen and oxygen atoms in total. The molecule has 1 amide bonds. The molecule has 1 saturated heterocycles. The first-order valence-electron chi connectivity index (χ1n) is 10.1. The van der Waals surface area contributed by atoms with Gasteiger partial charge in [-0.15, -0.1) is 16.4 Å². The van der Waals surface area contributed by atoms with E-state index in [0.29, 0.717) is 25.3 Å². The number of piperidine rings is 1. The Morgan fingerprint density at radius 1 is 1.23 bits per heavy atom. The third kappa shape index (κ3) is 4.70. The zero-order valence-corrected chi connectivity index (χ0v) is 19.0. The summed E-state index contributed by atoms with van der Waals surface area (Å²) in [5.74, 6) is -0.0773. The number of nitrogens with one attached hydrogen (secondary N) is 1. The monoisotopic (exact) mass is 460 g/mol. The first-order chi connectivity index (χ1) is 14.8. The number of nitrogens with zero attached hydrogens (tertiary/aromatic N) is 3. The van der Waals surface area contributed by atoms with Gasteiger partial charge in [0.1, 0.15) is 10.3 Å². The molecule has 1 unspecified atom stereocenters. The van der Waals surface area contributed by atoms with Gasteiger partial charge in [-0.1, -0.05) is 35.8 Å². The predicted octanol–water partition coefficient (Wildman–Crippen LogP) is 3.52. The maximum atomic E-state index is 13.0. The van der Waals surface area contributed by atoms with Crippen LogP contribution in [0.1, 0.15) is 41.8 Å². The summed E-state index contributed by atoms with van der Waals surface area (Å²) in [7, 11) is -3.72. The average molecular weight is 461 g/mol. The molecule has 0 saturated carbocycles. The van der Waals surface area contributed by atoms with E-state index in [2.05, 4.69) is 21.6 Å². The summed E-state index contributed by atoms with van der Waals surface area (Å²) in [5, 5.41) is 12.2. The van der Waals surface area contributed by atoms with Crippen LogP contribution in [0, 0.1) is 13.8 Å². The molecule has 1 aromatic carbocycles. The van der Waals surface area contributed by atoms with Crippen LogP contribution in [0.5, 0.6) is 0 Å². The summed E-state index contributed by atoms with van der Waals surface area (Å²) >= 11 is 1.15. The van der Waals surface area contributed by atoms with Crippen LogP contribution in [0.4, 0.5) is 6.01 Å². The fourth-order valence-corrected chi connectivity index (χ4v) is 6.41. The Labute approximate surface area is 185 Å². The first kappa shape index (κ1) is 21.7. The molecule has 0 bridgehead atoms. The molecule has 2 aromatic heterocycles. The van der Waals surface area contributed by atoms with E-state index in [9.17, 15) is 13.2 Å². The lowest BCUT2D eigenvalue weighted by molar-refractivity contribution is -0.120. The minimum absolute atomic E-state index is 0.0251. The van der Waals surface area contributed by atoms with Crippen LogP contribution < -0.4 is 5.32 Å². The summed E-state index contributed by atoms with van der Waals surface area (Å²) in [6.07, 6.45) is 2.39.